The Bertz CT molecular complexity index is 643. The van der Waals surface area contributed by atoms with Crippen molar-refractivity contribution >= 4 is 0 Å². The maximum absolute atomic E-state index is 9.06. The lowest BCUT2D eigenvalue weighted by Crippen LogP contribution is -2.04. The zero-order valence-corrected chi connectivity index (χ0v) is 12.2. The SMILES string of the molecule is COc1ccc(COc2ccc([C@H](C)N)cc2)cc1C#N. The molecule has 0 aliphatic heterocycles. The Morgan fingerprint density at radius 2 is 1.90 bits per heavy atom. The third-order valence-electron chi connectivity index (χ3n) is 3.20. The lowest BCUT2D eigenvalue weighted by Gasteiger charge is -2.10. The van der Waals surface area contributed by atoms with Gasteiger partial charge in [0.1, 0.15) is 24.2 Å². The molecule has 4 heteroatoms. The first-order valence-electron chi connectivity index (χ1n) is 6.69. The molecule has 0 radical (unpaired) electrons. The van der Waals surface area contributed by atoms with Crippen LogP contribution in [-0.4, -0.2) is 7.11 Å². The molecule has 0 fully saturated rings. The number of rotatable bonds is 5. The summed E-state index contributed by atoms with van der Waals surface area (Å²) in [7, 11) is 1.55. The van der Waals surface area contributed by atoms with Crippen molar-refractivity contribution in [1.82, 2.24) is 0 Å². The summed E-state index contributed by atoms with van der Waals surface area (Å²) < 4.78 is 10.8. The Balaban J connectivity index is 2.04. The van der Waals surface area contributed by atoms with Crippen LogP contribution in [0.15, 0.2) is 42.5 Å². The van der Waals surface area contributed by atoms with E-state index in [0.717, 1.165) is 16.9 Å². The van der Waals surface area contributed by atoms with Crippen LogP contribution in [0.3, 0.4) is 0 Å². The number of hydrogen-bond donors (Lipinski definition) is 1. The van der Waals surface area contributed by atoms with Gasteiger partial charge in [-0.1, -0.05) is 18.2 Å². The highest BCUT2D eigenvalue weighted by atomic mass is 16.5. The van der Waals surface area contributed by atoms with E-state index in [-0.39, 0.29) is 6.04 Å². The van der Waals surface area contributed by atoms with Crippen molar-refractivity contribution in [1.29, 1.82) is 5.26 Å². The fourth-order valence-corrected chi connectivity index (χ4v) is 1.97. The first-order chi connectivity index (χ1) is 10.1. The molecule has 4 nitrogen and oxygen atoms in total. The first kappa shape index (κ1) is 14.9. The first-order valence-corrected chi connectivity index (χ1v) is 6.69. The average Bonchev–Trinajstić information content (AvgIpc) is 2.52. The number of methoxy groups -OCH3 is 1. The number of hydrogen-bond acceptors (Lipinski definition) is 4. The summed E-state index contributed by atoms with van der Waals surface area (Å²) in [5.41, 5.74) is 8.30. The Morgan fingerprint density at radius 3 is 2.48 bits per heavy atom. The summed E-state index contributed by atoms with van der Waals surface area (Å²) in [5.74, 6) is 1.34. The van der Waals surface area contributed by atoms with Crippen LogP contribution in [-0.2, 0) is 6.61 Å². The predicted molar refractivity (Wildman–Crippen MR) is 81.1 cm³/mol. The second kappa shape index (κ2) is 6.78. The van der Waals surface area contributed by atoms with Crippen molar-refractivity contribution in [2.75, 3.05) is 7.11 Å². The molecule has 0 amide bonds. The van der Waals surface area contributed by atoms with E-state index in [9.17, 15) is 0 Å². The molecule has 0 aromatic heterocycles. The van der Waals surface area contributed by atoms with Gasteiger partial charge in [0.15, 0.2) is 0 Å². The Labute approximate surface area is 124 Å². The number of nitrogens with two attached hydrogens (primary N) is 1. The zero-order valence-electron chi connectivity index (χ0n) is 12.2. The van der Waals surface area contributed by atoms with Crippen molar-refractivity contribution < 1.29 is 9.47 Å². The highest BCUT2D eigenvalue weighted by Crippen LogP contribution is 2.21. The third-order valence-corrected chi connectivity index (χ3v) is 3.20. The summed E-state index contributed by atoms with van der Waals surface area (Å²) in [5, 5.41) is 9.06. The standard InChI is InChI=1S/C17H18N2O2/c1-12(19)14-4-6-16(7-5-14)21-11-13-3-8-17(20-2)15(9-13)10-18/h3-9,12H,11,19H2,1-2H3/t12-/m0/s1. The molecular formula is C17H18N2O2. The molecule has 0 aliphatic rings. The maximum Gasteiger partial charge on any atom is 0.136 e. The van der Waals surface area contributed by atoms with Gasteiger partial charge in [-0.15, -0.1) is 0 Å². The highest BCUT2D eigenvalue weighted by Gasteiger charge is 2.05. The molecule has 1 atom stereocenters. The fraction of sp³-hybridized carbons (Fsp3) is 0.235. The number of ether oxygens (including phenoxy) is 2. The van der Waals surface area contributed by atoms with E-state index in [1.807, 2.05) is 37.3 Å². The molecule has 21 heavy (non-hydrogen) atoms. The van der Waals surface area contributed by atoms with Crippen molar-refractivity contribution in [3.05, 3.63) is 59.2 Å². The average molecular weight is 282 g/mol. The van der Waals surface area contributed by atoms with Gasteiger partial charge in [0.25, 0.3) is 0 Å². The van der Waals surface area contributed by atoms with Gasteiger partial charge in [-0.2, -0.15) is 5.26 Å². The minimum atomic E-state index is 0.0128. The van der Waals surface area contributed by atoms with Gasteiger partial charge in [-0.05, 0) is 42.3 Å². The molecule has 0 bridgehead atoms. The van der Waals surface area contributed by atoms with Crippen LogP contribution in [0.4, 0.5) is 0 Å². The van der Waals surface area contributed by atoms with Gasteiger partial charge >= 0.3 is 0 Å². The molecule has 2 aromatic rings. The van der Waals surface area contributed by atoms with Gasteiger partial charge in [-0.25, -0.2) is 0 Å². The fourth-order valence-electron chi connectivity index (χ4n) is 1.97. The summed E-state index contributed by atoms with van der Waals surface area (Å²) >= 11 is 0. The monoisotopic (exact) mass is 282 g/mol. The summed E-state index contributed by atoms with van der Waals surface area (Å²) in [4.78, 5) is 0. The quantitative estimate of drug-likeness (QED) is 0.914. The Hall–Kier alpha value is -2.51. The van der Waals surface area contributed by atoms with E-state index >= 15 is 0 Å². The molecule has 108 valence electrons. The second-order valence-electron chi connectivity index (χ2n) is 4.79. The summed E-state index contributed by atoms with van der Waals surface area (Å²) in [6, 6.07) is 15.3. The van der Waals surface area contributed by atoms with Gasteiger partial charge in [0, 0.05) is 6.04 Å². The minimum absolute atomic E-state index is 0.0128. The van der Waals surface area contributed by atoms with E-state index in [0.29, 0.717) is 17.9 Å². The van der Waals surface area contributed by atoms with Crippen LogP contribution in [0, 0.1) is 11.3 Å². The molecule has 0 unspecified atom stereocenters. The maximum atomic E-state index is 9.06. The smallest absolute Gasteiger partial charge is 0.136 e. The van der Waals surface area contributed by atoms with E-state index in [2.05, 4.69) is 6.07 Å². The van der Waals surface area contributed by atoms with Crippen molar-refractivity contribution in [2.45, 2.75) is 19.6 Å². The second-order valence-corrected chi connectivity index (χ2v) is 4.79. The van der Waals surface area contributed by atoms with Gasteiger partial charge in [0.2, 0.25) is 0 Å². The minimum Gasteiger partial charge on any atom is -0.495 e. The molecule has 0 saturated carbocycles. The highest BCUT2D eigenvalue weighted by molar-refractivity contribution is 5.45. The largest absolute Gasteiger partial charge is 0.495 e. The van der Waals surface area contributed by atoms with E-state index in [4.69, 9.17) is 20.5 Å². The van der Waals surface area contributed by atoms with Gasteiger partial charge in [0.05, 0.1) is 12.7 Å². The Morgan fingerprint density at radius 1 is 1.19 bits per heavy atom. The third kappa shape index (κ3) is 3.74. The molecular weight excluding hydrogens is 264 g/mol. The van der Waals surface area contributed by atoms with Crippen LogP contribution < -0.4 is 15.2 Å². The van der Waals surface area contributed by atoms with Gasteiger partial charge in [-0.3, -0.25) is 0 Å². The van der Waals surface area contributed by atoms with E-state index < -0.39 is 0 Å². The van der Waals surface area contributed by atoms with Crippen LogP contribution >= 0.6 is 0 Å². The van der Waals surface area contributed by atoms with Crippen molar-refractivity contribution in [2.24, 2.45) is 5.73 Å². The van der Waals surface area contributed by atoms with Crippen LogP contribution in [0.5, 0.6) is 11.5 Å². The van der Waals surface area contributed by atoms with Crippen LogP contribution in [0.1, 0.15) is 29.7 Å². The van der Waals surface area contributed by atoms with Crippen molar-refractivity contribution in [3.8, 4) is 17.6 Å². The summed E-state index contributed by atoms with van der Waals surface area (Å²) in [6.07, 6.45) is 0. The predicted octanol–water partition coefficient (Wildman–Crippen LogP) is 3.17. The van der Waals surface area contributed by atoms with E-state index in [1.165, 1.54) is 0 Å². The molecule has 0 saturated heterocycles. The van der Waals surface area contributed by atoms with Crippen molar-refractivity contribution in [3.63, 3.8) is 0 Å². The van der Waals surface area contributed by atoms with Crippen LogP contribution in [0.2, 0.25) is 0 Å². The molecule has 2 aromatic carbocycles. The molecule has 2 N–H and O–H groups in total. The zero-order chi connectivity index (χ0) is 15.2. The number of nitriles is 1. The normalized spacial score (nSPS) is 11.5. The molecule has 2 rings (SSSR count). The van der Waals surface area contributed by atoms with Gasteiger partial charge < -0.3 is 15.2 Å². The molecule has 0 spiro atoms. The van der Waals surface area contributed by atoms with E-state index in [1.54, 1.807) is 19.2 Å². The molecule has 0 heterocycles. The lowest BCUT2D eigenvalue weighted by molar-refractivity contribution is 0.306. The Kier molecular flexibility index (Phi) is 4.81. The lowest BCUT2D eigenvalue weighted by atomic mass is 10.1. The van der Waals surface area contributed by atoms with Crippen LogP contribution in [0.25, 0.3) is 0 Å². The molecule has 0 aliphatic carbocycles. The number of benzene rings is 2. The summed E-state index contributed by atoms with van der Waals surface area (Å²) in [6.45, 7) is 2.34. The number of nitrogens with zero attached hydrogens (tertiary/aromatic N) is 1. The topological polar surface area (TPSA) is 68.3 Å².